The number of benzene rings is 1. The van der Waals surface area contributed by atoms with E-state index in [9.17, 15) is 4.79 Å². The number of hydrogen-bond donors (Lipinski definition) is 0. The first kappa shape index (κ1) is 15.8. The second-order valence-electron chi connectivity index (χ2n) is 6.13. The van der Waals surface area contributed by atoms with Crippen molar-refractivity contribution in [2.75, 3.05) is 6.54 Å². The van der Waals surface area contributed by atoms with Crippen LogP contribution >= 0.6 is 0 Å². The largest absolute Gasteiger partial charge is 0.441 e. The van der Waals surface area contributed by atoms with Gasteiger partial charge in [0, 0.05) is 31.0 Å². The number of nitrogens with zero attached hydrogens (tertiary/aromatic N) is 2. The van der Waals surface area contributed by atoms with E-state index in [-0.39, 0.29) is 5.91 Å². The molecule has 0 N–H and O–H groups in total. The van der Waals surface area contributed by atoms with Crippen molar-refractivity contribution in [3.8, 4) is 11.3 Å². The summed E-state index contributed by atoms with van der Waals surface area (Å²) in [7, 11) is 0. The summed E-state index contributed by atoms with van der Waals surface area (Å²) in [5, 5.41) is 0. The zero-order chi connectivity index (χ0) is 16.1. The van der Waals surface area contributed by atoms with E-state index in [0.717, 1.165) is 37.1 Å². The van der Waals surface area contributed by atoms with E-state index in [2.05, 4.69) is 16.8 Å². The molecule has 23 heavy (non-hydrogen) atoms. The van der Waals surface area contributed by atoms with Crippen LogP contribution in [0, 0.1) is 0 Å². The summed E-state index contributed by atoms with van der Waals surface area (Å²) in [4.78, 5) is 18.8. The Balaban J connectivity index is 1.58. The fourth-order valence-electron chi connectivity index (χ4n) is 3.27. The van der Waals surface area contributed by atoms with Gasteiger partial charge < -0.3 is 9.32 Å². The number of hydrogen-bond acceptors (Lipinski definition) is 3. The van der Waals surface area contributed by atoms with E-state index in [1.165, 1.54) is 6.42 Å². The van der Waals surface area contributed by atoms with Crippen LogP contribution in [-0.2, 0) is 11.2 Å². The Labute approximate surface area is 137 Å². The van der Waals surface area contributed by atoms with Gasteiger partial charge in [0.2, 0.25) is 5.91 Å². The monoisotopic (exact) mass is 312 g/mol. The number of piperidine rings is 1. The minimum absolute atomic E-state index is 0.232. The predicted octanol–water partition coefficient (Wildman–Crippen LogP) is 4.07. The number of oxazole rings is 1. The fraction of sp³-hybridized carbons (Fsp3) is 0.474. The molecule has 4 nitrogen and oxygen atoms in total. The Morgan fingerprint density at radius 3 is 2.91 bits per heavy atom. The van der Waals surface area contributed by atoms with Crippen molar-refractivity contribution in [2.45, 2.75) is 51.5 Å². The number of carbonyl (C=O) groups is 1. The van der Waals surface area contributed by atoms with Gasteiger partial charge in [0.25, 0.3) is 0 Å². The molecule has 2 aromatic rings. The van der Waals surface area contributed by atoms with E-state index in [1.807, 2.05) is 30.3 Å². The summed E-state index contributed by atoms with van der Waals surface area (Å²) < 4.78 is 5.78. The maximum atomic E-state index is 12.5. The van der Waals surface area contributed by atoms with E-state index < -0.39 is 0 Å². The molecule has 1 atom stereocenters. The molecule has 1 aromatic carbocycles. The van der Waals surface area contributed by atoms with Gasteiger partial charge in [-0.2, -0.15) is 0 Å². The van der Waals surface area contributed by atoms with Gasteiger partial charge in [-0.3, -0.25) is 4.79 Å². The third-order valence-electron chi connectivity index (χ3n) is 4.58. The molecule has 0 bridgehead atoms. The molecule has 1 amide bonds. The van der Waals surface area contributed by atoms with Crippen molar-refractivity contribution in [1.82, 2.24) is 9.88 Å². The lowest BCUT2D eigenvalue weighted by Crippen LogP contribution is -2.43. The first-order chi connectivity index (χ1) is 11.3. The minimum atomic E-state index is 0.232. The number of likely N-dealkylation sites (tertiary alicyclic amines) is 1. The first-order valence-electron chi connectivity index (χ1n) is 8.57. The van der Waals surface area contributed by atoms with Crippen LogP contribution in [0.4, 0.5) is 0 Å². The predicted molar refractivity (Wildman–Crippen MR) is 89.9 cm³/mol. The van der Waals surface area contributed by atoms with Crippen molar-refractivity contribution in [3.05, 3.63) is 42.4 Å². The summed E-state index contributed by atoms with van der Waals surface area (Å²) in [5.74, 6) is 1.63. The van der Waals surface area contributed by atoms with Crippen LogP contribution < -0.4 is 0 Å². The highest BCUT2D eigenvalue weighted by Gasteiger charge is 2.25. The lowest BCUT2D eigenvalue weighted by molar-refractivity contribution is -0.135. The van der Waals surface area contributed by atoms with E-state index in [1.54, 1.807) is 6.20 Å². The van der Waals surface area contributed by atoms with E-state index >= 15 is 0 Å². The Morgan fingerprint density at radius 1 is 1.30 bits per heavy atom. The van der Waals surface area contributed by atoms with Crippen molar-refractivity contribution < 1.29 is 9.21 Å². The quantitative estimate of drug-likeness (QED) is 0.836. The molecule has 1 saturated heterocycles. The maximum Gasteiger partial charge on any atom is 0.223 e. The molecule has 0 saturated carbocycles. The molecular formula is C19H24N2O2. The van der Waals surface area contributed by atoms with Gasteiger partial charge in [-0.05, 0) is 25.7 Å². The van der Waals surface area contributed by atoms with Gasteiger partial charge in [-0.1, -0.05) is 37.3 Å². The van der Waals surface area contributed by atoms with Gasteiger partial charge in [0.1, 0.15) is 0 Å². The molecule has 0 spiro atoms. The summed E-state index contributed by atoms with van der Waals surface area (Å²) in [6.07, 6.45) is 7.33. The fourth-order valence-corrected chi connectivity index (χ4v) is 3.27. The van der Waals surface area contributed by atoms with Crippen LogP contribution in [0.5, 0.6) is 0 Å². The summed E-state index contributed by atoms with van der Waals surface area (Å²) in [6, 6.07) is 10.3. The van der Waals surface area contributed by atoms with Crippen molar-refractivity contribution in [1.29, 1.82) is 0 Å². The van der Waals surface area contributed by atoms with Gasteiger partial charge in [0.15, 0.2) is 11.7 Å². The highest BCUT2D eigenvalue weighted by atomic mass is 16.4. The standard InChI is InChI=1S/C19H24N2O2/c1-2-16-10-6-7-13-21(16)19(22)12-11-18-20-14-17(23-18)15-8-4-3-5-9-15/h3-5,8-9,14,16H,2,6-7,10-13H2,1H3. The molecule has 1 aromatic heterocycles. The molecule has 2 heterocycles. The molecule has 4 heteroatoms. The van der Waals surface area contributed by atoms with Gasteiger partial charge in [-0.15, -0.1) is 0 Å². The number of carbonyl (C=O) groups excluding carboxylic acids is 1. The highest BCUT2D eigenvalue weighted by Crippen LogP contribution is 2.22. The maximum absolute atomic E-state index is 12.5. The minimum Gasteiger partial charge on any atom is -0.441 e. The number of amides is 1. The van der Waals surface area contributed by atoms with Crippen LogP contribution in [-0.4, -0.2) is 28.4 Å². The van der Waals surface area contributed by atoms with Crippen molar-refractivity contribution >= 4 is 5.91 Å². The second kappa shape index (κ2) is 7.44. The lowest BCUT2D eigenvalue weighted by atomic mass is 9.99. The third-order valence-corrected chi connectivity index (χ3v) is 4.58. The Hall–Kier alpha value is -2.10. The molecule has 3 rings (SSSR count). The van der Waals surface area contributed by atoms with Crippen molar-refractivity contribution in [2.24, 2.45) is 0 Å². The molecule has 122 valence electrons. The highest BCUT2D eigenvalue weighted by molar-refractivity contribution is 5.76. The molecular weight excluding hydrogens is 288 g/mol. The summed E-state index contributed by atoms with van der Waals surface area (Å²) in [6.45, 7) is 3.06. The topological polar surface area (TPSA) is 46.3 Å². The van der Waals surface area contributed by atoms with Gasteiger partial charge in [-0.25, -0.2) is 4.98 Å². The Bertz CT molecular complexity index is 636. The Morgan fingerprint density at radius 2 is 2.13 bits per heavy atom. The summed E-state index contributed by atoms with van der Waals surface area (Å²) in [5.41, 5.74) is 1.01. The van der Waals surface area contributed by atoms with Gasteiger partial charge >= 0.3 is 0 Å². The van der Waals surface area contributed by atoms with E-state index in [0.29, 0.717) is 24.8 Å². The molecule has 0 radical (unpaired) electrons. The van der Waals surface area contributed by atoms with Crippen LogP contribution in [0.2, 0.25) is 0 Å². The number of aryl methyl sites for hydroxylation is 1. The van der Waals surface area contributed by atoms with Crippen LogP contribution in [0.1, 0.15) is 44.9 Å². The average molecular weight is 312 g/mol. The van der Waals surface area contributed by atoms with Crippen LogP contribution in [0.15, 0.2) is 40.9 Å². The van der Waals surface area contributed by atoms with Crippen LogP contribution in [0.3, 0.4) is 0 Å². The van der Waals surface area contributed by atoms with Crippen LogP contribution in [0.25, 0.3) is 11.3 Å². The zero-order valence-electron chi connectivity index (χ0n) is 13.7. The molecule has 0 aliphatic carbocycles. The molecule has 1 aliphatic heterocycles. The second-order valence-corrected chi connectivity index (χ2v) is 6.13. The lowest BCUT2D eigenvalue weighted by Gasteiger charge is -2.35. The number of aromatic nitrogens is 1. The molecule has 1 aliphatic rings. The molecule has 1 unspecified atom stereocenters. The zero-order valence-corrected chi connectivity index (χ0v) is 13.7. The Kier molecular flexibility index (Phi) is 5.11. The van der Waals surface area contributed by atoms with Gasteiger partial charge in [0.05, 0.1) is 6.20 Å². The average Bonchev–Trinajstić information content (AvgIpc) is 3.09. The van der Waals surface area contributed by atoms with Crippen molar-refractivity contribution in [3.63, 3.8) is 0 Å². The third kappa shape index (κ3) is 3.81. The SMILES string of the molecule is CCC1CCCCN1C(=O)CCc1ncc(-c2ccccc2)o1. The first-order valence-corrected chi connectivity index (χ1v) is 8.57. The summed E-state index contributed by atoms with van der Waals surface area (Å²) >= 11 is 0. The normalized spacial score (nSPS) is 18.1. The molecule has 1 fully saturated rings. The smallest absolute Gasteiger partial charge is 0.223 e. The van der Waals surface area contributed by atoms with E-state index in [4.69, 9.17) is 4.42 Å². The number of rotatable bonds is 5.